The van der Waals surface area contributed by atoms with E-state index >= 15 is 0 Å². The lowest BCUT2D eigenvalue weighted by molar-refractivity contribution is 0.546. The Hall–Kier alpha value is -0.760. The molecule has 2 heteroatoms. The van der Waals surface area contributed by atoms with Gasteiger partial charge in [-0.2, -0.15) is 0 Å². The molecule has 0 bridgehead atoms. The van der Waals surface area contributed by atoms with Crippen molar-refractivity contribution in [3.8, 4) is 0 Å². The van der Waals surface area contributed by atoms with E-state index < -0.39 is 0 Å². The fourth-order valence-corrected chi connectivity index (χ4v) is 1.78. The molecule has 1 aromatic rings. The molecular weight excluding hydrogens is 226 g/mol. The van der Waals surface area contributed by atoms with E-state index in [4.69, 9.17) is 0 Å². The molecule has 0 atom stereocenters. The van der Waals surface area contributed by atoms with Crippen molar-refractivity contribution in [2.24, 2.45) is 0 Å². The number of halogens is 1. The second-order valence-corrected chi connectivity index (χ2v) is 4.72. The minimum absolute atomic E-state index is 0.0547. The monoisotopic (exact) mass is 236 g/mol. The first-order chi connectivity index (χ1) is 6.07. The van der Waals surface area contributed by atoms with Crippen LogP contribution in [0.2, 0.25) is 0 Å². The molecular formula is C11H11BrN. The van der Waals surface area contributed by atoms with Crippen molar-refractivity contribution in [1.29, 1.82) is 0 Å². The van der Waals surface area contributed by atoms with Crippen LogP contribution in [0.3, 0.4) is 0 Å². The second-order valence-electron chi connectivity index (χ2n) is 3.80. The van der Waals surface area contributed by atoms with Crippen molar-refractivity contribution < 1.29 is 0 Å². The molecule has 0 aromatic heterocycles. The van der Waals surface area contributed by atoms with Crippen LogP contribution in [0.4, 0.5) is 5.69 Å². The van der Waals surface area contributed by atoms with Crippen LogP contribution < -0.4 is 5.32 Å². The maximum Gasteiger partial charge on any atom is 0.0742 e. The van der Waals surface area contributed by atoms with E-state index in [0.717, 1.165) is 10.2 Å². The zero-order valence-corrected chi connectivity index (χ0v) is 9.30. The quantitative estimate of drug-likeness (QED) is 0.655. The van der Waals surface area contributed by atoms with E-state index in [1.807, 2.05) is 12.1 Å². The van der Waals surface area contributed by atoms with Gasteiger partial charge in [0, 0.05) is 10.0 Å². The van der Waals surface area contributed by atoms with Gasteiger partial charge in [-0.15, -0.1) is 0 Å². The smallest absolute Gasteiger partial charge is 0.0742 e. The number of hydrogen-bond donors (Lipinski definition) is 0. The van der Waals surface area contributed by atoms with Gasteiger partial charge < -0.3 is 0 Å². The molecule has 0 unspecified atom stereocenters. The van der Waals surface area contributed by atoms with Crippen molar-refractivity contribution in [3.05, 3.63) is 34.3 Å². The van der Waals surface area contributed by atoms with E-state index in [-0.39, 0.29) is 5.54 Å². The molecule has 0 fully saturated rings. The number of benzene rings is 1. The minimum Gasteiger partial charge on any atom is -0.275 e. The molecule has 0 N–H and O–H groups in total. The molecule has 67 valence electrons. The topological polar surface area (TPSA) is 14.1 Å². The minimum atomic E-state index is -0.0547. The van der Waals surface area contributed by atoms with Crippen molar-refractivity contribution in [2.75, 3.05) is 0 Å². The normalized spacial score (nSPS) is 17.8. The third-order valence-electron chi connectivity index (χ3n) is 2.07. The van der Waals surface area contributed by atoms with Gasteiger partial charge in [-0.3, -0.25) is 5.32 Å². The van der Waals surface area contributed by atoms with Crippen LogP contribution in [-0.4, -0.2) is 5.54 Å². The van der Waals surface area contributed by atoms with E-state index in [2.05, 4.69) is 53.3 Å². The third-order valence-corrected chi connectivity index (χ3v) is 2.56. The van der Waals surface area contributed by atoms with Crippen molar-refractivity contribution in [3.63, 3.8) is 0 Å². The molecule has 0 saturated heterocycles. The predicted octanol–water partition coefficient (Wildman–Crippen LogP) is 3.49. The van der Waals surface area contributed by atoms with Gasteiger partial charge in [0.2, 0.25) is 0 Å². The zero-order chi connectivity index (χ0) is 9.47. The largest absolute Gasteiger partial charge is 0.275 e. The molecule has 13 heavy (non-hydrogen) atoms. The average Bonchev–Trinajstić information content (AvgIpc) is 2.05. The highest BCUT2D eigenvalue weighted by molar-refractivity contribution is 9.10. The van der Waals surface area contributed by atoms with Crippen LogP contribution in [0.15, 0.2) is 28.7 Å². The number of hydrogen-bond acceptors (Lipinski definition) is 0. The maximum absolute atomic E-state index is 4.61. The molecule has 0 aliphatic carbocycles. The van der Waals surface area contributed by atoms with Gasteiger partial charge in [0.1, 0.15) is 0 Å². The van der Waals surface area contributed by atoms with Crippen LogP contribution >= 0.6 is 15.9 Å². The second kappa shape index (κ2) is 2.88. The van der Waals surface area contributed by atoms with Crippen LogP contribution in [0.25, 0.3) is 6.08 Å². The summed E-state index contributed by atoms with van der Waals surface area (Å²) in [5.74, 6) is 0. The first kappa shape index (κ1) is 8.82. The van der Waals surface area contributed by atoms with Gasteiger partial charge >= 0.3 is 0 Å². The molecule has 1 heterocycles. The van der Waals surface area contributed by atoms with E-state index in [1.54, 1.807) is 0 Å². The van der Waals surface area contributed by atoms with Gasteiger partial charge in [-0.25, -0.2) is 0 Å². The Morgan fingerprint density at radius 2 is 2.08 bits per heavy atom. The van der Waals surface area contributed by atoms with Gasteiger partial charge in [-0.05, 0) is 32.0 Å². The Morgan fingerprint density at radius 1 is 1.31 bits per heavy atom. The lowest BCUT2D eigenvalue weighted by Crippen LogP contribution is -2.29. The van der Waals surface area contributed by atoms with Gasteiger partial charge in [0.25, 0.3) is 0 Å². The molecule has 0 saturated carbocycles. The highest BCUT2D eigenvalue weighted by atomic mass is 79.9. The summed E-state index contributed by atoms with van der Waals surface area (Å²) in [6.07, 6.45) is 4.26. The molecule has 1 radical (unpaired) electrons. The Bertz CT molecular complexity index is 366. The highest BCUT2D eigenvalue weighted by Crippen LogP contribution is 2.30. The highest BCUT2D eigenvalue weighted by Gasteiger charge is 2.20. The van der Waals surface area contributed by atoms with E-state index in [9.17, 15) is 0 Å². The first-order valence-corrected chi connectivity index (χ1v) is 5.08. The average molecular weight is 237 g/mol. The number of nitrogens with zero attached hydrogens (tertiary/aromatic N) is 1. The Balaban J connectivity index is 2.47. The van der Waals surface area contributed by atoms with Gasteiger partial charge in [0.15, 0.2) is 0 Å². The Kier molecular flexibility index (Phi) is 1.95. The number of rotatable bonds is 0. The maximum atomic E-state index is 4.61. The lowest BCUT2D eigenvalue weighted by Gasteiger charge is -2.25. The third kappa shape index (κ3) is 1.78. The Morgan fingerprint density at radius 3 is 2.85 bits per heavy atom. The van der Waals surface area contributed by atoms with Crippen LogP contribution in [-0.2, 0) is 0 Å². The molecule has 0 spiro atoms. The van der Waals surface area contributed by atoms with Crippen LogP contribution in [0, 0.1) is 0 Å². The first-order valence-electron chi connectivity index (χ1n) is 4.28. The summed E-state index contributed by atoms with van der Waals surface area (Å²) in [7, 11) is 0. The fourth-order valence-electron chi connectivity index (χ4n) is 1.40. The summed E-state index contributed by atoms with van der Waals surface area (Å²) in [5.41, 5.74) is 2.21. The standard InChI is InChI=1S/C11H11BrN/c1-11(2)6-5-8-7-9(12)3-4-10(8)13-11/h3-7H,1-2H3. The van der Waals surface area contributed by atoms with Crippen LogP contribution in [0.1, 0.15) is 19.4 Å². The van der Waals surface area contributed by atoms with Crippen molar-refractivity contribution in [2.45, 2.75) is 19.4 Å². The van der Waals surface area contributed by atoms with Crippen molar-refractivity contribution in [1.82, 2.24) is 5.32 Å². The molecule has 1 aromatic carbocycles. The fraction of sp³-hybridized carbons (Fsp3) is 0.273. The van der Waals surface area contributed by atoms with Gasteiger partial charge in [-0.1, -0.05) is 28.1 Å². The van der Waals surface area contributed by atoms with Crippen molar-refractivity contribution >= 4 is 27.7 Å². The zero-order valence-electron chi connectivity index (χ0n) is 7.71. The summed E-state index contributed by atoms with van der Waals surface area (Å²) < 4.78 is 1.10. The van der Waals surface area contributed by atoms with Gasteiger partial charge in [0.05, 0.1) is 11.2 Å². The SMILES string of the molecule is CC1(C)C=Cc2cc(Br)ccc2[N]1. The molecule has 0 amide bonds. The van der Waals surface area contributed by atoms with E-state index in [0.29, 0.717) is 0 Å². The summed E-state index contributed by atoms with van der Waals surface area (Å²) in [6.45, 7) is 4.21. The summed E-state index contributed by atoms with van der Waals surface area (Å²) in [5, 5.41) is 4.61. The molecule has 1 nitrogen and oxygen atoms in total. The Labute approximate surface area is 87.0 Å². The molecule has 2 rings (SSSR count). The lowest BCUT2D eigenvalue weighted by atomic mass is 9.97. The predicted molar refractivity (Wildman–Crippen MR) is 59.0 cm³/mol. The number of fused-ring (bicyclic) bond motifs is 1. The summed E-state index contributed by atoms with van der Waals surface area (Å²) in [4.78, 5) is 0. The summed E-state index contributed by atoms with van der Waals surface area (Å²) >= 11 is 3.44. The van der Waals surface area contributed by atoms with Crippen LogP contribution in [0.5, 0.6) is 0 Å². The van der Waals surface area contributed by atoms with E-state index in [1.165, 1.54) is 5.56 Å². The summed E-state index contributed by atoms with van der Waals surface area (Å²) in [6, 6.07) is 6.16. The molecule has 1 aliphatic rings. The molecule has 1 aliphatic heterocycles.